The molecule has 2 aliphatic heterocycles. The SMILES string of the molecule is COCC(=O)N1CCC2(CC(=O)N(c3ccc(F)cc3)C2)C1. The van der Waals surface area contributed by atoms with E-state index in [4.69, 9.17) is 4.74 Å². The lowest BCUT2D eigenvalue weighted by molar-refractivity contribution is -0.134. The third kappa shape index (κ3) is 2.70. The molecule has 1 atom stereocenters. The highest BCUT2D eigenvalue weighted by Crippen LogP contribution is 2.41. The predicted octanol–water partition coefficient (Wildman–Crippen LogP) is 1.43. The number of amides is 2. The van der Waals surface area contributed by atoms with Gasteiger partial charge < -0.3 is 14.5 Å². The summed E-state index contributed by atoms with van der Waals surface area (Å²) in [5.41, 5.74) is 0.527. The molecule has 0 aliphatic carbocycles. The maximum absolute atomic E-state index is 13.0. The Kier molecular flexibility index (Phi) is 3.87. The van der Waals surface area contributed by atoms with Gasteiger partial charge >= 0.3 is 0 Å². The van der Waals surface area contributed by atoms with Crippen LogP contribution in [0.1, 0.15) is 12.8 Å². The highest BCUT2D eigenvalue weighted by Gasteiger charge is 2.48. The van der Waals surface area contributed by atoms with Crippen molar-refractivity contribution in [2.24, 2.45) is 5.41 Å². The normalized spacial score (nSPS) is 24.5. The fourth-order valence-corrected chi connectivity index (χ4v) is 3.39. The van der Waals surface area contributed by atoms with E-state index < -0.39 is 0 Å². The van der Waals surface area contributed by atoms with Crippen molar-refractivity contribution < 1.29 is 18.7 Å². The van der Waals surface area contributed by atoms with Crippen LogP contribution in [0.25, 0.3) is 0 Å². The van der Waals surface area contributed by atoms with Gasteiger partial charge in [-0.05, 0) is 30.7 Å². The zero-order chi connectivity index (χ0) is 15.7. The maximum atomic E-state index is 13.0. The molecule has 0 radical (unpaired) electrons. The molecule has 1 unspecified atom stereocenters. The van der Waals surface area contributed by atoms with E-state index in [0.717, 1.165) is 6.42 Å². The van der Waals surface area contributed by atoms with Gasteiger partial charge in [0.1, 0.15) is 12.4 Å². The third-order valence-corrected chi connectivity index (χ3v) is 4.52. The summed E-state index contributed by atoms with van der Waals surface area (Å²) in [4.78, 5) is 27.7. The minimum absolute atomic E-state index is 0.0349. The zero-order valence-electron chi connectivity index (χ0n) is 12.5. The van der Waals surface area contributed by atoms with E-state index in [-0.39, 0.29) is 29.7 Å². The van der Waals surface area contributed by atoms with E-state index in [9.17, 15) is 14.0 Å². The summed E-state index contributed by atoms with van der Waals surface area (Å²) in [5.74, 6) is -0.318. The Labute approximate surface area is 128 Å². The van der Waals surface area contributed by atoms with E-state index in [1.54, 1.807) is 21.9 Å². The number of likely N-dealkylation sites (tertiary alicyclic amines) is 1. The van der Waals surface area contributed by atoms with Crippen LogP contribution in [-0.2, 0) is 14.3 Å². The Bertz CT molecular complexity index is 590. The molecule has 5 nitrogen and oxygen atoms in total. The molecule has 2 heterocycles. The molecule has 118 valence electrons. The van der Waals surface area contributed by atoms with Gasteiger partial charge in [0, 0.05) is 44.3 Å². The van der Waals surface area contributed by atoms with Gasteiger partial charge in [-0.25, -0.2) is 4.39 Å². The number of hydrogen-bond donors (Lipinski definition) is 0. The zero-order valence-corrected chi connectivity index (χ0v) is 12.5. The van der Waals surface area contributed by atoms with Crippen molar-refractivity contribution in [2.75, 3.05) is 38.3 Å². The number of benzene rings is 1. The minimum atomic E-state index is -0.317. The summed E-state index contributed by atoms with van der Waals surface area (Å²) in [6.45, 7) is 1.89. The quantitative estimate of drug-likeness (QED) is 0.849. The molecule has 0 aromatic heterocycles. The first kappa shape index (κ1) is 15.0. The Balaban J connectivity index is 1.72. The van der Waals surface area contributed by atoms with Crippen molar-refractivity contribution in [3.05, 3.63) is 30.1 Å². The second-order valence-electron chi connectivity index (χ2n) is 6.13. The van der Waals surface area contributed by atoms with Crippen molar-refractivity contribution >= 4 is 17.5 Å². The fourth-order valence-electron chi connectivity index (χ4n) is 3.39. The molecule has 3 rings (SSSR count). The van der Waals surface area contributed by atoms with Crippen molar-refractivity contribution in [1.29, 1.82) is 0 Å². The topological polar surface area (TPSA) is 49.9 Å². The van der Waals surface area contributed by atoms with Gasteiger partial charge in [-0.2, -0.15) is 0 Å². The highest BCUT2D eigenvalue weighted by molar-refractivity contribution is 5.96. The first-order valence-electron chi connectivity index (χ1n) is 7.36. The maximum Gasteiger partial charge on any atom is 0.248 e. The molecular weight excluding hydrogens is 287 g/mol. The van der Waals surface area contributed by atoms with Crippen LogP contribution in [0.15, 0.2) is 24.3 Å². The van der Waals surface area contributed by atoms with Gasteiger partial charge in [-0.1, -0.05) is 0 Å². The van der Waals surface area contributed by atoms with Crippen molar-refractivity contribution in [2.45, 2.75) is 12.8 Å². The molecule has 2 fully saturated rings. The van der Waals surface area contributed by atoms with Crippen LogP contribution in [0.5, 0.6) is 0 Å². The molecular formula is C16H19FN2O3. The number of carbonyl (C=O) groups excluding carboxylic acids is 2. The Morgan fingerprint density at radius 1 is 1.32 bits per heavy atom. The first-order valence-corrected chi connectivity index (χ1v) is 7.36. The summed E-state index contributed by atoms with van der Waals surface area (Å²) in [6.07, 6.45) is 1.24. The lowest BCUT2D eigenvalue weighted by atomic mass is 9.86. The Hall–Kier alpha value is -1.95. The number of carbonyl (C=O) groups is 2. The lowest BCUT2D eigenvalue weighted by Gasteiger charge is -2.24. The van der Waals surface area contributed by atoms with Crippen molar-refractivity contribution in [1.82, 2.24) is 4.90 Å². The number of rotatable bonds is 3. The van der Waals surface area contributed by atoms with Gasteiger partial charge in [-0.15, -0.1) is 0 Å². The van der Waals surface area contributed by atoms with Crippen LogP contribution in [0.2, 0.25) is 0 Å². The molecule has 0 N–H and O–H groups in total. The van der Waals surface area contributed by atoms with E-state index >= 15 is 0 Å². The molecule has 1 aromatic carbocycles. The smallest absolute Gasteiger partial charge is 0.248 e. The summed E-state index contributed by atoms with van der Waals surface area (Å²) >= 11 is 0. The van der Waals surface area contributed by atoms with Crippen LogP contribution >= 0.6 is 0 Å². The molecule has 2 aliphatic rings. The van der Waals surface area contributed by atoms with Crippen molar-refractivity contribution in [3.8, 4) is 0 Å². The molecule has 22 heavy (non-hydrogen) atoms. The van der Waals surface area contributed by atoms with Crippen molar-refractivity contribution in [3.63, 3.8) is 0 Å². The number of halogens is 1. The summed E-state index contributed by atoms with van der Waals surface area (Å²) < 4.78 is 17.9. The van der Waals surface area contributed by atoms with Crippen LogP contribution < -0.4 is 4.90 Å². The Morgan fingerprint density at radius 2 is 2.05 bits per heavy atom. The number of anilines is 1. The summed E-state index contributed by atoms with van der Waals surface area (Å²) in [7, 11) is 1.50. The van der Waals surface area contributed by atoms with Crippen LogP contribution in [-0.4, -0.2) is 50.1 Å². The van der Waals surface area contributed by atoms with Gasteiger partial charge in [0.25, 0.3) is 0 Å². The second kappa shape index (κ2) is 5.68. The second-order valence-corrected chi connectivity index (χ2v) is 6.13. The average Bonchev–Trinajstić information content (AvgIpc) is 3.04. The molecule has 2 amide bonds. The molecule has 6 heteroatoms. The number of hydrogen-bond acceptors (Lipinski definition) is 3. The summed E-state index contributed by atoms with van der Waals surface area (Å²) in [6, 6.07) is 5.96. The monoisotopic (exact) mass is 306 g/mol. The van der Waals surface area contributed by atoms with E-state index in [1.807, 2.05) is 0 Å². The molecule has 2 saturated heterocycles. The summed E-state index contributed by atoms with van der Waals surface area (Å²) in [5, 5.41) is 0. The third-order valence-electron chi connectivity index (χ3n) is 4.52. The molecule has 0 saturated carbocycles. The standard InChI is InChI=1S/C16H19FN2O3/c1-22-9-15(21)18-7-6-16(10-18)8-14(20)19(11-16)13-4-2-12(17)3-5-13/h2-5H,6-11H2,1H3. The average molecular weight is 306 g/mol. The van der Waals surface area contributed by atoms with Gasteiger partial charge in [-0.3, -0.25) is 9.59 Å². The van der Waals surface area contributed by atoms with E-state index in [0.29, 0.717) is 31.7 Å². The van der Waals surface area contributed by atoms with Gasteiger partial charge in [0.05, 0.1) is 0 Å². The fraction of sp³-hybridized carbons (Fsp3) is 0.500. The Morgan fingerprint density at radius 3 is 2.73 bits per heavy atom. The number of nitrogens with zero attached hydrogens (tertiary/aromatic N) is 2. The molecule has 1 spiro atoms. The largest absolute Gasteiger partial charge is 0.375 e. The van der Waals surface area contributed by atoms with Crippen LogP contribution in [0.4, 0.5) is 10.1 Å². The number of ether oxygens (including phenoxy) is 1. The minimum Gasteiger partial charge on any atom is -0.375 e. The van der Waals surface area contributed by atoms with E-state index in [2.05, 4.69) is 0 Å². The molecule has 0 bridgehead atoms. The van der Waals surface area contributed by atoms with Crippen LogP contribution in [0.3, 0.4) is 0 Å². The van der Waals surface area contributed by atoms with Gasteiger partial charge in [0.15, 0.2) is 0 Å². The first-order chi connectivity index (χ1) is 10.5. The highest BCUT2D eigenvalue weighted by atomic mass is 19.1. The predicted molar refractivity (Wildman–Crippen MR) is 78.9 cm³/mol. The van der Waals surface area contributed by atoms with E-state index in [1.165, 1.54) is 19.2 Å². The number of methoxy groups -OCH3 is 1. The van der Waals surface area contributed by atoms with Crippen LogP contribution in [0, 0.1) is 11.2 Å². The molecule has 1 aromatic rings. The van der Waals surface area contributed by atoms with Gasteiger partial charge in [0.2, 0.25) is 11.8 Å². The lowest BCUT2D eigenvalue weighted by Crippen LogP contribution is -2.35.